The monoisotopic (exact) mass is 264 g/mol. The van der Waals surface area contributed by atoms with Gasteiger partial charge in [0.15, 0.2) is 0 Å². The van der Waals surface area contributed by atoms with Crippen molar-refractivity contribution in [3.8, 4) is 11.5 Å². The van der Waals surface area contributed by atoms with Gasteiger partial charge in [-0.2, -0.15) is 0 Å². The molecule has 0 saturated carbocycles. The second-order valence-corrected chi connectivity index (χ2v) is 4.28. The zero-order chi connectivity index (χ0) is 13.0. The molecule has 0 aromatic heterocycles. The van der Waals surface area contributed by atoms with Crippen molar-refractivity contribution in [1.29, 1.82) is 0 Å². The molecule has 0 spiro atoms. The summed E-state index contributed by atoms with van der Waals surface area (Å²) in [6, 6.07) is 13.6. The van der Waals surface area contributed by atoms with Crippen LogP contribution in [0.4, 0.5) is 0 Å². The lowest BCUT2D eigenvalue weighted by Gasteiger charge is -2.13. The van der Waals surface area contributed by atoms with Crippen LogP contribution in [-0.4, -0.2) is 16.8 Å². The van der Waals surface area contributed by atoms with E-state index in [0.29, 0.717) is 16.3 Å². The summed E-state index contributed by atoms with van der Waals surface area (Å²) in [5.41, 5.74) is 0.444. The van der Waals surface area contributed by atoms with Crippen molar-refractivity contribution in [2.75, 3.05) is 6.61 Å². The molecule has 0 fully saturated rings. The van der Waals surface area contributed by atoms with Crippen LogP contribution in [0.3, 0.4) is 0 Å². The molecule has 2 aromatic carbocycles. The van der Waals surface area contributed by atoms with Gasteiger partial charge in [-0.15, -0.1) is 0 Å². The number of phenolic OH excluding ortho intramolecular Hbond substituents is 1. The van der Waals surface area contributed by atoms with E-state index in [1.807, 2.05) is 0 Å². The molecule has 0 amide bonds. The van der Waals surface area contributed by atoms with E-state index in [0.717, 1.165) is 0 Å². The first-order valence-corrected chi connectivity index (χ1v) is 5.89. The van der Waals surface area contributed by atoms with Gasteiger partial charge in [0.25, 0.3) is 0 Å². The highest BCUT2D eigenvalue weighted by molar-refractivity contribution is 6.30. The highest BCUT2D eigenvalue weighted by atomic mass is 35.5. The van der Waals surface area contributed by atoms with Crippen LogP contribution in [0.25, 0.3) is 0 Å². The lowest BCUT2D eigenvalue weighted by Crippen LogP contribution is -2.09. The predicted molar refractivity (Wildman–Crippen MR) is 70.0 cm³/mol. The van der Waals surface area contributed by atoms with Gasteiger partial charge in [0.1, 0.15) is 24.2 Å². The number of hydrogen-bond donors (Lipinski definition) is 2. The topological polar surface area (TPSA) is 49.7 Å². The zero-order valence-electron chi connectivity index (χ0n) is 9.58. The molecule has 1 unspecified atom stereocenters. The maximum Gasteiger partial charge on any atom is 0.121 e. The Bertz CT molecular complexity index is 528. The summed E-state index contributed by atoms with van der Waals surface area (Å²) in [5, 5.41) is 20.1. The first-order chi connectivity index (χ1) is 8.66. The third-order valence-electron chi connectivity index (χ3n) is 2.50. The zero-order valence-corrected chi connectivity index (χ0v) is 10.3. The molecule has 0 aliphatic carbocycles. The molecule has 0 saturated heterocycles. The molecule has 4 heteroatoms. The fourth-order valence-electron chi connectivity index (χ4n) is 1.59. The fourth-order valence-corrected chi connectivity index (χ4v) is 1.77. The lowest BCUT2D eigenvalue weighted by molar-refractivity contribution is 0.106. The average molecular weight is 265 g/mol. The summed E-state index contributed by atoms with van der Waals surface area (Å²) in [6.45, 7) is 0.0535. The second-order valence-electron chi connectivity index (χ2n) is 3.84. The Hall–Kier alpha value is -1.71. The largest absolute Gasteiger partial charge is 0.508 e. The van der Waals surface area contributed by atoms with Crippen molar-refractivity contribution in [2.45, 2.75) is 6.10 Å². The van der Waals surface area contributed by atoms with Gasteiger partial charge in [0.2, 0.25) is 0 Å². The normalized spacial score (nSPS) is 12.1. The molecule has 3 nitrogen and oxygen atoms in total. The molecule has 0 bridgehead atoms. The number of phenols is 1. The van der Waals surface area contributed by atoms with Crippen LogP contribution >= 0.6 is 11.6 Å². The molecule has 0 aliphatic heterocycles. The number of para-hydroxylation sites is 1. The smallest absolute Gasteiger partial charge is 0.121 e. The van der Waals surface area contributed by atoms with Gasteiger partial charge in [-0.1, -0.05) is 35.9 Å². The number of rotatable bonds is 4. The Labute approximate surface area is 110 Å². The first-order valence-electron chi connectivity index (χ1n) is 5.51. The third kappa shape index (κ3) is 3.15. The van der Waals surface area contributed by atoms with E-state index in [9.17, 15) is 10.2 Å². The molecule has 0 radical (unpaired) electrons. The van der Waals surface area contributed by atoms with Crippen LogP contribution in [-0.2, 0) is 0 Å². The Balaban J connectivity index is 2.00. The third-order valence-corrected chi connectivity index (χ3v) is 2.73. The molecule has 2 aromatic rings. The summed E-state index contributed by atoms with van der Waals surface area (Å²) in [5.74, 6) is 0.636. The predicted octanol–water partition coefficient (Wildman–Crippen LogP) is 3.16. The highest BCUT2D eigenvalue weighted by Gasteiger charge is 2.12. The number of aliphatic hydroxyl groups is 1. The minimum absolute atomic E-state index is 0.0535. The molecular formula is C14H13ClO3. The highest BCUT2D eigenvalue weighted by Crippen LogP contribution is 2.25. The molecule has 2 N–H and O–H groups in total. The lowest BCUT2D eigenvalue weighted by atomic mass is 10.1. The van der Waals surface area contributed by atoms with Crippen LogP contribution in [0.1, 0.15) is 11.7 Å². The van der Waals surface area contributed by atoms with E-state index in [-0.39, 0.29) is 12.4 Å². The van der Waals surface area contributed by atoms with Crippen LogP contribution in [0, 0.1) is 0 Å². The van der Waals surface area contributed by atoms with E-state index in [4.69, 9.17) is 16.3 Å². The van der Waals surface area contributed by atoms with E-state index >= 15 is 0 Å². The number of benzene rings is 2. The standard InChI is InChI=1S/C14H13ClO3/c15-10-4-3-5-11(8-10)18-9-14(17)12-6-1-2-7-13(12)16/h1-8,14,16-17H,9H2. The Kier molecular flexibility index (Phi) is 4.07. The van der Waals surface area contributed by atoms with Crippen molar-refractivity contribution in [1.82, 2.24) is 0 Å². The number of aromatic hydroxyl groups is 1. The number of ether oxygens (including phenoxy) is 1. The van der Waals surface area contributed by atoms with Gasteiger partial charge in [0, 0.05) is 10.6 Å². The summed E-state index contributed by atoms with van der Waals surface area (Å²) >= 11 is 5.82. The maximum absolute atomic E-state index is 9.91. The van der Waals surface area contributed by atoms with E-state index in [1.54, 1.807) is 42.5 Å². The summed E-state index contributed by atoms with van der Waals surface area (Å²) in [4.78, 5) is 0. The van der Waals surface area contributed by atoms with Gasteiger partial charge in [-0.05, 0) is 24.3 Å². The quantitative estimate of drug-likeness (QED) is 0.892. The van der Waals surface area contributed by atoms with Gasteiger partial charge in [-0.25, -0.2) is 0 Å². The van der Waals surface area contributed by atoms with Gasteiger partial charge in [-0.3, -0.25) is 0 Å². The molecule has 18 heavy (non-hydrogen) atoms. The average Bonchev–Trinajstić information content (AvgIpc) is 2.37. The van der Waals surface area contributed by atoms with Crippen molar-refractivity contribution >= 4 is 11.6 Å². The SMILES string of the molecule is Oc1ccccc1C(O)COc1cccc(Cl)c1. The molecule has 1 atom stereocenters. The van der Waals surface area contributed by atoms with Crippen molar-refractivity contribution in [3.05, 3.63) is 59.1 Å². The Morgan fingerprint density at radius 2 is 1.89 bits per heavy atom. The Morgan fingerprint density at radius 1 is 1.11 bits per heavy atom. The van der Waals surface area contributed by atoms with Crippen molar-refractivity contribution in [3.63, 3.8) is 0 Å². The van der Waals surface area contributed by atoms with Crippen LogP contribution < -0.4 is 4.74 Å². The van der Waals surface area contributed by atoms with Gasteiger partial charge >= 0.3 is 0 Å². The molecule has 0 heterocycles. The van der Waals surface area contributed by atoms with E-state index < -0.39 is 6.10 Å². The summed E-state index contributed by atoms with van der Waals surface area (Å²) in [7, 11) is 0. The summed E-state index contributed by atoms with van der Waals surface area (Å²) in [6.07, 6.45) is -0.884. The number of hydrogen-bond acceptors (Lipinski definition) is 3. The van der Waals surface area contributed by atoms with Gasteiger partial charge in [0.05, 0.1) is 0 Å². The van der Waals surface area contributed by atoms with E-state index in [2.05, 4.69) is 0 Å². The van der Waals surface area contributed by atoms with Crippen molar-refractivity contribution in [2.24, 2.45) is 0 Å². The van der Waals surface area contributed by atoms with Crippen molar-refractivity contribution < 1.29 is 14.9 Å². The number of halogens is 1. The Morgan fingerprint density at radius 3 is 2.61 bits per heavy atom. The first kappa shape index (κ1) is 12.7. The van der Waals surface area contributed by atoms with Crippen LogP contribution in [0.15, 0.2) is 48.5 Å². The van der Waals surface area contributed by atoms with Gasteiger partial charge < -0.3 is 14.9 Å². The summed E-state index contributed by atoms with van der Waals surface area (Å²) < 4.78 is 5.41. The second kappa shape index (κ2) is 5.76. The molecule has 94 valence electrons. The molecule has 2 rings (SSSR count). The maximum atomic E-state index is 9.91. The van der Waals surface area contributed by atoms with E-state index in [1.165, 1.54) is 6.07 Å². The minimum Gasteiger partial charge on any atom is -0.508 e. The minimum atomic E-state index is -0.884. The fraction of sp³-hybridized carbons (Fsp3) is 0.143. The molecule has 0 aliphatic rings. The molecular weight excluding hydrogens is 252 g/mol. The van der Waals surface area contributed by atoms with Crippen LogP contribution in [0.2, 0.25) is 5.02 Å². The van der Waals surface area contributed by atoms with Crippen LogP contribution in [0.5, 0.6) is 11.5 Å². The number of aliphatic hydroxyl groups excluding tert-OH is 1.